The second-order valence-corrected chi connectivity index (χ2v) is 6.60. The van der Waals surface area contributed by atoms with Crippen LogP contribution in [0.15, 0.2) is 78.5 Å². The molecule has 29 heavy (non-hydrogen) atoms. The van der Waals surface area contributed by atoms with Crippen LogP contribution in [-0.4, -0.2) is 32.6 Å². The summed E-state index contributed by atoms with van der Waals surface area (Å²) in [4.78, 5) is 4.26. The van der Waals surface area contributed by atoms with Gasteiger partial charge in [-0.25, -0.2) is 0 Å². The summed E-state index contributed by atoms with van der Waals surface area (Å²) in [7, 11) is 1.66. The van der Waals surface area contributed by atoms with Gasteiger partial charge in [0.25, 0.3) is 0 Å². The number of methoxy groups -OCH3 is 1. The van der Waals surface area contributed by atoms with Crippen molar-refractivity contribution < 1.29 is 14.2 Å². The van der Waals surface area contributed by atoms with Crippen molar-refractivity contribution in [3.8, 4) is 11.5 Å². The number of allylic oxidation sites excluding steroid dienone is 3. The molecule has 2 rings (SSSR count). The maximum atomic E-state index is 5.65. The van der Waals surface area contributed by atoms with Crippen molar-refractivity contribution in [3.05, 3.63) is 84.6 Å². The molecule has 0 radical (unpaired) electrons. The SMILES string of the molecule is C=C(\C=C/C=N\C=C\c1ccc(OCCOC)cc1)c1ccc(OC(C)C)cc1. The lowest BCUT2D eigenvalue weighted by molar-refractivity contribution is 0.146. The fourth-order valence-electron chi connectivity index (χ4n) is 2.42. The van der Waals surface area contributed by atoms with E-state index >= 15 is 0 Å². The monoisotopic (exact) mass is 391 g/mol. The largest absolute Gasteiger partial charge is 0.491 e. The Kier molecular flexibility index (Phi) is 9.46. The van der Waals surface area contributed by atoms with E-state index in [-0.39, 0.29) is 6.10 Å². The summed E-state index contributed by atoms with van der Waals surface area (Å²) in [6.45, 7) is 9.23. The van der Waals surface area contributed by atoms with E-state index in [4.69, 9.17) is 14.2 Å². The summed E-state index contributed by atoms with van der Waals surface area (Å²) in [6, 6.07) is 15.8. The third-order valence-corrected chi connectivity index (χ3v) is 3.86. The molecule has 0 saturated carbocycles. The molecule has 0 saturated heterocycles. The molecule has 0 aliphatic rings. The topological polar surface area (TPSA) is 40.0 Å². The third kappa shape index (κ3) is 8.62. The molecule has 0 aliphatic carbocycles. The molecule has 152 valence electrons. The molecule has 2 aromatic rings. The van der Waals surface area contributed by atoms with Crippen LogP contribution in [0.3, 0.4) is 0 Å². The highest BCUT2D eigenvalue weighted by atomic mass is 16.5. The van der Waals surface area contributed by atoms with Gasteiger partial charge in [0.15, 0.2) is 0 Å². The van der Waals surface area contributed by atoms with Crippen LogP contribution in [0.2, 0.25) is 0 Å². The highest BCUT2D eigenvalue weighted by molar-refractivity contribution is 5.80. The molecule has 0 aromatic heterocycles. The maximum Gasteiger partial charge on any atom is 0.119 e. The Morgan fingerprint density at radius 1 is 1.00 bits per heavy atom. The quantitative estimate of drug-likeness (QED) is 0.276. The predicted octanol–water partition coefficient (Wildman–Crippen LogP) is 5.81. The van der Waals surface area contributed by atoms with E-state index in [1.807, 2.05) is 80.6 Å². The minimum absolute atomic E-state index is 0.167. The number of benzene rings is 2. The Morgan fingerprint density at radius 3 is 2.34 bits per heavy atom. The minimum Gasteiger partial charge on any atom is -0.491 e. The van der Waals surface area contributed by atoms with Gasteiger partial charge in [0.1, 0.15) is 18.1 Å². The van der Waals surface area contributed by atoms with Gasteiger partial charge in [-0.15, -0.1) is 0 Å². The number of aliphatic imine (C=N–C) groups is 1. The molecule has 0 amide bonds. The molecule has 0 heterocycles. The van der Waals surface area contributed by atoms with Crippen LogP contribution in [0, 0.1) is 0 Å². The van der Waals surface area contributed by atoms with Crippen molar-refractivity contribution in [1.29, 1.82) is 0 Å². The molecule has 0 N–H and O–H groups in total. The Hall–Kier alpha value is -3.11. The highest BCUT2D eigenvalue weighted by Gasteiger charge is 1.99. The molecule has 0 atom stereocenters. The maximum absolute atomic E-state index is 5.65. The number of nitrogens with zero attached hydrogens (tertiary/aromatic N) is 1. The number of rotatable bonds is 11. The van der Waals surface area contributed by atoms with Gasteiger partial charge in [-0.3, -0.25) is 4.99 Å². The molecule has 4 heteroatoms. The Labute approximate surface area is 173 Å². The zero-order chi connectivity index (χ0) is 20.9. The van der Waals surface area contributed by atoms with Crippen LogP contribution >= 0.6 is 0 Å². The lowest BCUT2D eigenvalue weighted by Gasteiger charge is -2.10. The second kappa shape index (κ2) is 12.4. The Morgan fingerprint density at radius 2 is 1.69 bits per heavy atom. The average Bonchev–Trinajstić information content (AvgIpc) is 2.72. The second-order valence-electron chi connectivity index (χ2n) is 6.60. The van der Waals surface area contributed by atoms with Crippen LogP contribution in [0.1, 0.15) is 25.0 Å². The van der Waals surface area contributed by atoms with Crippen molar-refractivity contribution in [1.82, 2.24) is 0 Å². The summed E-state index contributed by atoms with van der Waals surface area (Å²) < 4.78 is 16.2. The standard InChI is InChI=1S/C25H29NO3/c1-20(2)29-25-13-9-23(10-14-25)21(3)6-5-16-26-17-15-22-7-11-24(12-8-22)28-19-18-27-4/h5-17,20H,3,18-19H2,1-2,4H3/b6-5-,17-15+,26-16-. The van der Waals surface area contributed by atoms with Gasteiger partial charge in [-0.1, -0.05) is 36.9 Å². The van der Waals surface area contributed by atoms with Crippen molar-refractivity contribution >= 4 is 17.9 Å². The number of ether oxygens (including phenoxy) is 3. The molecule has 0 fully saturated rings. The highest BCUT2D eigenvalue weighted by Crippen LogP contribution is 2.19. The molecular formula is C25H29NO3. The smallest absolute Gasteiger partial charge is 0.119 e. The van der Waals surface area contributed by atoms with Crippen LogP contribution in [0.25, 0.3) is 11.6 Å². The van der Waals surface area contributed by atoms with Crippen LogP contribution in [-0.2, 0) is 4.74 Å². The van der Waals surface area contributed by atoms with E-state index in [0.717, 1.165) is 28.2 Å². The lowest BCUT2D eigenvalue weighted by Crippen LogP contribution is -2.05. The molecule has 4 nitrogen and oxygen atoms in total. The van der Waals surface area contributed by atoms with E-state index in [1.165, 1.54) is 0 Å². The fraction of sp³-hybridized carbons (Fsp3) is 0.240. The van der Waals surface area contributed by atoms with Crippen molar-refractivity contribution in [2.45, 2.75) is 20.0 Å². The zero-order valence-corrected chi connectivity index (χ0v) is 17.4. The predicted molar refractivity (Wildman–Crippen MR) is 122 cm³/mol. The summed E-state index contributed by atoms with van der Waals surface area (Å²) in [5.41, 5.74) is 3.02. The van der Waals surface area contributed by atoms with Crippen LogP contribution < -0.4 is 9.47 Å². The normalized spacial score (nSPS) is 11.7. The van der Waals surface area contributed by atoms with Gasteiger partial charge < -0.3 is 14.2 Å². The van der Waals surface area contributed by atoms with Gasteiger partial charge in [-0.05, 0) is 67.0 Å². The third-order valence-electron chi connectivity index (χ3n) is 3.86. The van der Waals surface area contributed by atoms with E-state index in [1.54, 1.807) is 19.5 Å². The fourth-order valence-corrected chi connectivity index (χ4v) is 2.42. The average molecular weight is 392 g/mol. The van der Waals surface area contributed by atoms with E-state index < -0.39 is 0 Å². The Balaban J connectivity index is 1.79. The van der Waals surface area contributed by atoms with Gasteiger partial charge in [0.2, 0.25) is 0 Å². The molecular weight excluding hydrogens is 362 g/mol. The first-order valence-electron chi connectivity index (χ1n) is 9.62. The summed E-state index contributed by atoms with van der Waals surface area (Å²) in [5, 5.41) is 0. The van der Waals surface area contributed by atoms with Gasteiger partial charge >= 0.3 is 0 Å². The first-order chi connectivity index (χ1) is 14.1. The number of hydrogen-bond acceptors (Lipinski definition) is 4. The Bertz CT molecular complexity index is 831. The first kappa shape index (κ1) is 22.2. The summed E-state index contributed by atoms with van der Waals surface area (Å²) >= 11 is 0. The molecule has 0 aliphatic heterocycles. The van der Waals surface area contributed by atoms with E-state index in [2.05, 4.69) is 11.6 Å². The van der Waals surface area contributed by atoms with Gasteiger partial charge in [-0.2, -0.15) is 0 Å². The minimum atomic E-state index is 0.167. The summed E-state index contributed by atoms with van der Waals surface area (Å²) in [6.07, 6.45) is 9.40. The van der Waals surface area contributed by atoms with Crippen molar-refractivity contribution in [2.24, 2.45) is 4.99 Å². The molecule has 0 unspecified atom stereocenters. The van der Waals surface area contributed by atoms with Gasteiger partial charge in [0.05, 0.1) is 12.7 Å². The summed E-state index contributed by atoms with van der Waals surface area (Å²) in [5.74, 6) is 1.69. The molecule has 2 aromatic carbocycles. The van der Waals surface area contributed by atoms with E-state index in [0.29, 0.717) is 13.2 Å². The molecule has 0 bridgehead atoms. The van der Waals surface area contributed by atoms with Crippen LogP contribution in [0.5, 0.6) is 11.5 Å². The van der Waals surface area contributed by atoms with E-state index in [9.17, 15) is 0 Å². The first-order valence-corrected chi connectivity index (χ1v) is 9.62. The number of hydrogen-bond donors (Lipinski definition) is 0. The lowest BCUT2D eigenvalue weighted by atomic mass is 10.1. The molecule has 0 spiro atoms. The van der Waals surface area contributed by atoms with Crippen molar-refractivity contribution in [2.75, 3.05) is 20.3 Å². The van der Waals surface area contributed by atoms with Crippen molar-refractivity contribution in [3.63, 3.8) is 0 Å². The zero-order valence-electron chi connectivity index (χ0n) is 17.4. The van der Waals surface area contributed by atoms with Gasteiger partial charge in [0, 0.05) is 19.5 Å². The van der Waals surface area contributed by atoms with Crippen LogP contribution in [0.4, 0.5) is 0 Å².